The zero-order chi connectivity index (χ0) is 25.7. The summed E-state index contributed by atoms with van der Waals surface area (Å²) >= 11 is 0. The summed E-state index contributed by atoms with van der Waals surface area (Å²) in [6.45, 7) is 8.24. The third kappa shape index (κ3) is 3.92. The molecule has 3 aromatic heterocycles. The van der Waals surface area contributed by atoms with Gasteiger partial charge in [0, 0.05) is 12.0 Å². The van der Waals surface area contributed by atoms with E-state index in [-0.39, 0.29) is 12.0 Å². The molecule has 0 bridgehead atoms. The Morgan fingerprint density at radius 3 is 2.62 bits per heavy atom. The molecule has 0 unspecified atom stereocenters. The smallest absolute Gasteiger partial charge is 0.205 e. The number of nitrogens with zero attached hydrogens (tertiary/aromatic N) is 6. The number of hydrogen-bond donors (Lipinski definition) is 2. The standard InChI is InChI=1S/C29H31N7O/c1-5-25-31-26-17(4)14-23(27(37)16(2)3)30-29(26)36(25)24-13-11-19-15-18(10-12-21(19)24)20-8-6-7-9-22(20)28-32-34-35-33-28/h6-10,12,14-16,24,27,37H,5,11,13H2,1-4H3,(H,32,33,34,35)/t24-,27+/m0/s1. The minimum absolute atomic E-state index is 0.0901. The molecule has 0 aliphatic heterocycles. The molecule has 2 atom stereocenters. The zero-order valence-corrected chi connectivity index (χ0v) is 21.6. The van der Waals surface area contributed by atoms with E-state index >= 15 is 0 Å². The molecule has 0 saturated heterocycles. The maximum Gasteiger partial charge on any atom is 0.205 e. The van der Waals surface area contributed by atoms with Crippen molar-refractivity contribution in [2.75, 3.05) is 0 Å². The number of aromatic amines is 1. The van der Waals surface area contributed by atoms with Gasteiger partial charge in [-0.15, -0.1) is 10.2 Å². The van der Waals surface area contributed by atoms with Crippen molar-refractivity contribution in [2.45, 2.75) is 59.1 Å². The summed E-state index contributed by atoms with van der Waals surface area (Å²) in [6, 6.07) is 17.0. The number of hydrogen-bond acceptors (Lipinski definition) is 6. The monoisotopic (exact) mass is 493 g/mol. The van der Waals surface area contributed by atoms with Crippen LogP contribution in [-0.2, 0) is 12.8 Å². The maximum atomic E-state index is 10.8. The van der Waals surface area contributed by atoms with Gasteiger partial charge in [0.25, 0.3) is 0 Å². The van der Waals surface area contributed by atoms with Crippen LogP contribution in [0.15, 0.2) is 48.5 Å². The first-order valence-corrected chi connectivity index (χ1v) is 13.0. The van der Waals surface area contributed by atoms with Gasteiger partial charge < -0.3 is 9.67 Å². The second-order valence-electron chi connectivity index (χ2n) is 10.2. The Bertz CT molecular complexity index is 1590. The van der Waals surface area contributed by atoms with E-state index in [1.807, 2.05) is 38.1 Å². The predicted octanol–water partition coefficient (Wildman–Crippen LogP) is 5.37. The molecule has 1 aliphatic rings. The SMILES string of the molecule is CCc1nc2c(C)cc([C@H](O)C(C)C)nc2n1[C@H]1CCc2cc(-c3ccccc3-c3nn[nH]n3)ccc21. The Morgan fingerprint density at radius 2 is 1.89 bits per heavy atom. The highest BCUT2D eigenvalue weighted by molar-refractivity contribution is 5.81. The summed E-state index contributed by atoms with van der Waals surface area (Å²) in [4.78, 5) is 9.97. The van der Waals surface area contributed by atoms with Crippen molar-refractivity contribution in [1.29, 1.82) is 0 Å². The number of pyridine rings is 1. The highest BCUT2D eigenvalue weighted by atomic mass is 16.3. The molecule has 0 saturated carbocycles. The average molecular weight is 494 g/mol. The molecule has 3 heterocycles. The number of tetrazole rings is 1. The normalized spacial score (nSPS) is 16.0. The van der Waals surface area contributed by atoms with Crippen LogP contribution in [0.4, 0.5) is 0 Å². The topological polar surface area (TPSA) is 105 Å². The fraction of sp³-hybridized carbons (Fsp3) is 0.345. The zero-order valence-electron chi connectivity index (χ0n) is 21.6. The van der Waals surface area contributed by atoms with Gasteiger partial charge in [0.05, 0.1) is 17.8 Å². The molecule has 0 fully saturated rings. The summed E-state index contributed by atoms with van der Waals surface area (Å²) < 4.78 is 2.32. The molecular formula is C29H31N7O. The first kappa shape index (κ1) is 23.5. The summed E-state index contributed by atoms with van der Waals surface area (Å²) in [5.41, 5.74) is 9.40. The Labute approximate surface area is 215 Å². The van der Waals surface area contributed by atoms with Crippen LogP contribution in [0.1, 0.15) is 67.5 Å². The van der Waals surface area contributed by atoms with Crippen LogP contribution in [0.3, 0.4) is 0 Å². The van der Waals surface area contributed by atoms with Gasteiger partial charge in [0.2, 0.25) is 5.82 Å². The summed E-state index contributed by atoms with van der Waals surface area (Å²) in [5, 5.41) is 25.5. The first-order valence-electron chi connectivity index (χ1n) is 13.0. The Morgan fingerprint density at radius 1 is 1.08 bits per heavy atom. The number of aliphatic hydroxyl groups excluding tert-OH is 1. The van der Waals surface area contributed by atoms with Gasteiger partial charge in [0.15, 0.2) is 5.65 Å². The lowest BCUT2D eigenvalue weighted by atomic mass is 9.96. The molecule has 8 heteroatoms. The van der Waals surface area contributed by atoms with Crippen LogP contribution < -0.4 is 0 Å². The number of aromatic nitrogens is 7. The number of benzene rings is 2. The van der Waals surface area contributed by atoms with E-state index in [0.29, 0.717) is 5.82 Å². The number of H-pyrrole nitrogens is 1. The van der Waals surface area contributed by atoms with Crippen LogP contribution >= 0.6 is 0 Å². The maximum absolute atomic E-state index is 10.8. The second-order valence-corrected chi connectivity index (χ2v) is 10.2. The molecular weight excluding hydrogens is 462 g/mol. The van der Waals surface area contributed by atoms with Crippen LogP contribution in [0.2, 0.25) is 0 Å². The van der Waals surface area contributed by atoms with E-state index in [9.17, 15) is 5.11 Å². The number of fused-ring (bicyclic) bond motifs is 2. The number of aryl methyl sites for hydroxylation is 3. The number of nitrogens with one attached hydrogen (secondary N) is 1. The van der Waals surface area contributed by atoms with Crippen molar-refractivity contribution >= 4 is 11.2 Å². The number of imidazole rings is 1. The molecule has 37 heavy (non-hydrogen) atoms. The van der Waals surface area contributed by atoms with Gasteiger partial charge in [-0.05, 0) is 64.8 Å². The molecule has 0 spiro atoms. The lowest BCUT2D eigenvalue weighted by Crippen LogP contribution is -2.13. The minimum Gasteiger partial charge on any atom is -0.387 e. The minimum atomic E-state index is -0.603. The van der Waals surface area contributed by atoms with Crippen molar-refractivity contribution in [3.63, 3.8) is 0 Å². The Balaban J connectivity index is 1.45. The quantitative estimate of drug-likeness (QED) is 0.329. The molecule has 2 aromatic carbocycles. The van der Waals surface area contributed by atoms with Crippen molar-refractivity contribution in [3.8, 4) is 22.5 Å². The van der Waals surface area contributed by atoms with Crippen LogP contribution in [0, 0.1) is 12.8 Å². The van der Waals surface area contributed by atoms with Crippen LogP contribution in [-0.4, -0.2) is 40.3 Å². The molecule has 0 radical (unpaired) electrons. The van der Waals surface area contributed by atoms with Gasteiger partial charge in [-0.2, -0.15) is 5.21 Å². The lowest BCUT2D eigenvalue weighted by molar-refractivity contribution is 0.122. The van der Waals surface area contributed by atoms with E-state index in [1.165, 1.54) is 11.1 Å². The average Bonchev–Trinajstić information content (AvgIpc) is 3.66. The largest absolute Gasteiger partial charge is 0.387 e. The van der Waals surface area contributed by atoms with Crippen molar-refractivity contribution in [3.05, 3.63) is 76.7 Å². The third-order valence-electron chi connectivity index (χ3n) is 7.51. The highest BCUT2D eigenvalue weighted by Gasteiger charge is 2.29. The van der Waals surface area contributed by atoms with Crippen molar-refractivity contribution in [2.24, 2.45) is 5.92 Å². The van der Waals surface area contributed by atoms with Crippen molar-refractivity contribution < 1.29 is 5.11 Å². The van der Waals surface area contributed by atoms with Gasteiger partial charge in [-0.1, -0.05) is 63.2 Å². The van der Waals surface area contributed by atoms with E-state index in [1.54, 1.807) is 0 Å². The highest BCUT2D eigenvalue weighted by Crippen LogP contribution is 2.41. The van der Waals surface area contributed by atoms with E-state index in [2.05, 4.69) is 63.3 Å². The molecule has 6 rings (SSSR count). The molecule has 2 N–H and O–H groups in total. The lowest BCUT2D eigenvalue weighted by Gasteiger charge is -2.19. The van der Waals surface area contributed by atoms with Gasteiger partial charge in [-0.3, -0.25) is 0 Å². The van der Waals surface area contributed by atoms with Crippen molar-refractivity contribution in [1.82, 2.24) is 35.2 Å². The third-order valence-corrected chi connectivity index (χ3v) is 7.51. The number of aliphatic hydroxyl groups is 1. The van der Waals surface area contributed by atoms with Gasteiger partial charge in [0.1, 0.15) is 11.3 Å². The Kier molecular flexibility index (Phi) is 5.83. The number of rotatable bonds is 6. The van der Waals surface area contributed by atoms with E-state index in [0.717, 1.165) is 64.2 Å². The Hall–Kier alpha value is -3.91. The van der Waals surface area contributed by atoms with Gasteiger partial charge in [-0.25, -0.2) is 9.97 Å². The molecule has 0 amide bonds. The molecule has 5 aromatic rings. The summed E-state index contributed by atoms with van der Waals surface area (Å²) in [6.07, 6.45) is 2.18. The van der Waals surface area contributed by atoms with E-state index < -0.39 is 6.10 Å². The molecule has 8 nitrogen and oxygen atoms in total. The van der Waals surface area contributed by atoms with Crippen LogP contribution in [0.25, 0.3) is 33.7 Å². The second kappa shape index (κ2) is 9.19. The molecule has 1 aliphatic carbocycles. The summed E-state index contributed by atoms with van der Waals surface area (Å²) in [5.74, 6) is 1.71. The first-order chi connectivity index (χ1) is 18.0. The molecule has 188 valence electrons. The van der Waals surface area contributed by atoms with Gasteiger partial charge >= 0.3 is 0 Å². The fourth-order valence-corrected chi connectivity index (χ4v) is 5.59. The summed E-state index contributed by atoms with van der Waals surface area (Å²) in [7, 11) is 0. The fourth-order valence-electron chi connectivity index (χ4n) is 5.59. The van der Waals surface area contributed by atoms with E-state index in [4.69, 9.17) is 9.97 Å². The predicted molar refractivity (Wildman–Crippen MR) is 143 cm³/mol. The van der Waals surface area contributed by atoms with Crippen LogP contribution in [0.5, 0.6) is 0 Å².